The van der Waals surface area contributed by atoms with Gasteiger partial charge < -0.3 is 10.1 Å². The lowest BCUT2D eigenvalue weighted by Gasteiger charge is -2.27. The second kappa shape index (κ2) is 5.51. The van der Waals surface area contributed by atoms with Gasteiger partial charge in [-0.05, 0) is 47.9 Å². The number of nitrogens with one attached hydrogen (secondary N) is 1. The summed E-state index contributed by atoms with van der Waals surface area (Å²) in [5.74, 6) is 0. The first-order valence-corrected chi connectivity index (χ1v) is 6.68. The molecule has 0 radical (unpaired) electrons. The third kappa shape index (κ3) is 2.39. The lowest BCUT2D eigenvalue weighted by Crippen LogP contribution is -2.25. The highest BCUT2D eigenvalue weighted by Gasteiger charge is 2.22. The SMILES string of the molecule is CNC[C@@H]1OCCc2c(-c3ccncc3)cccc21. The maximum Gasteiger partial charge on any atom is 0.0952 e. The molecule has 2 heterocycles. The first kappa shape index (κ1) is 12.3. The van der Waals surface area contributed by atoms with Crippen LogP contribution in [0.1, 0.15) is 17.2 Å². The highest BCUT2D eigenvalue weighted by atomic mass is 16.5. The van der Waals surface area contributed by atoms with Crippen LogP contribution in [0.3, 0.4) is 0 Å². The van der Waals surface area contributed by atoms with E-state index in [4.69, 9.17) is 4.74 Å². The van der Waals surface area contributed by atoms with Crippen molar-refractivity contribution in [1.82, 2.24) is 10.3 Å². The van der Waals surface area contributed by atoms with Gasteiger partial charge in [-0.25, -0.2) is 0 Å². The Labute approximate surface area is 113 Å². The lowest BCUT2D eigenvalue weighted by atomic mass is 9.90. The molecule has 1 atom stereocenters. The fourth-order valence-corrected chi connectivity index (χ4v) is 2.73. The molecule has 0 fully saturated rings. The van der Waals surface area contributed by atoms with Crippen LogP contribution in [0.4, 0.5) is 0 Å². The zero-order chi connectivity index (χ0) is 13.1. The van der Waals surface area contributed by atoms with Gasteiger partial charge in [0.15, 0.2) is 0 Å². The van der Waals surface area contributed by atoms with Crippen molar-refractivity contribution >= 4 is 0 Å². The van der Waals surface area contributed by atoms with Gasteiger partial charge in [-0.1, -0.05) is 18.2 Å². The normalized spacial score (nSPS) is 18.1. The maximum atomic E-state index is 5.86. The zero-order valence-electron chi connectivity index (χ0n) is 11.1. The highest BCUT2D eigenvalue weighted by Crippen LogP contribution is 2.33. The summed E-state index contributed by atoms with van der Waals surface area (Å²) in [6.45, 7) is 1.65. The van der Waals surface area contributed by atoms with E-state index in [0.717, 1.165) is 19.6 Å². The minimum Gasteiger partial charge on any atom is -0.372 e. The number of hydrogen-bond acceptors (Lipinski definition) is 3. The van der Waals surface area contributed by atoms with Crippen molar-refractivity contribution in [1.29, 1.82) is 0 Å². The van der Waals surface area contributed by atoms with E-state index in [1.807, 2.05) is 19.4 Å². The summed E-state index contributed by atoms with van der Waals surface area (Å²) in [5, 5.41) is 3.20. The van der Waals surface area contributed by atoms with Crippen LogP contribution in [0.15, 0.2) is 42.7 Å². The number of likely N-dealkylation sites (N-methyl/N-ethyl adjacent to an activating group) is 1. The molecule has 1 N–H and O–H groups in total. The van der Waals surface area contributed by atoms with Crippen molar-refractivity contribution in [3.05, 3.63) is 53.9 Å². The summed E-state index contributed by atoms with van der Waals surface area (Å²) >= 11 is 0. The second-order valence-electron chi connectivity index (χ2n) is 4.78. The smallest absolute Gasteiger partial charge is 0.0952 e. The largest absolute Gasteiger partial charge is 0.372 e. The van der Waals surface area contributed by atoms with Crippen LogP contribution in [0, 0.1) is 0 Å². The van der Waals surface area contributed by atoms with Crippen molar-refractivity contribution in [2.75, 3.05) is 20.2 Å². The van der Waals surface area contributed by atoms with E-state index in [-0.39, 0.29) is 6.10 Å². The predicted molar refractivity (Wildman–Crippen MR) is 76.0 cm³/mol. The topological polar surface area (TPSA) is 34.1 Å². The van der Waals surface area contributed by atoms with E-state index >= 15 is 0 Å². The van der Waals surface area contributed by atoms with Crippen LogP contribution in [-0.4, -0.2) is 25.2 Å². The number of hydrogen-bond donors (Lipinski definition) is 1. The minimum atomic E-state index is 0.163. The van der Waals surface area contributed by atoms with Gasteiger partial charge in [0.2, 0.25) is 0 Å². The number of fused-ring (bicyclic) bond motifs is 1. The number of aromatic nitrogens is 1. The molecule has 1 aromatic carbocycles. The Morgan fingerprint density at radius 2 is 2.11 bits per heavy atom. The van der Waals surface area contributed by atoms with Crippen molar-refractivity contribution in [3.8, 4) is 11.1 Å². The van der Waals surface area contributed by atoms with E-state index in [1.54, 1.807) is 0 Å². The van der Waals surface area contributed by atoms with Gasteiger partial charge in [-0.3, -0.25) is 4.98 Å². The summed E-state index contributed by atoms with van der Waals surface area (Å²) in [5.41, 5.74) is 5.27. The van der Waals surface area contributed by atoms with E-state index in [1.165, 1.54) is 22.3 Å². The molecule has 0 bridgehead atoms. The number of rotatable bonds is 3. The van der Waals surface area contributed by atoms with Crippen LogP contribution >= 0.6 is 0 Å². The molecule has 19 heavy (non-hydrogen) atoms. The monoisotopic (exact) mass is 254 g/mol. The molecule has 1 aliphatic rings. The summed E-state index contributed by atoms with van der Waals surface area (Å²) < 4.78 is 5.86. The number of nitrogens with zero attached hydrogens (tertiary/aromatic N) is 1. The average molecular weight is 254 g/mol. The molecule has 0 saturated heterocycles. The van der Waals surface area contributed by atoms with Gasteiger partial charge in [-0.2, -0.15) is 0 Å². The molecule has 0 aliphatic carbocycles. The fraction of sp³-hybridized carbons (Fsp3) is 0.312. The lowest BCUT2D eigenvalue weighted by molar-refractivity contribution is 0.0440. The van der Waals surface area contributed by atoms with Gasteiger partial charge in [0.25, 0.3) is 0 Å². The molecule has 3 nitrogen and oxygen atoms in total. The van der Waals surface area contributed by atoms with Crippen LogP contribution in [0.25, 0.3) is 11.1 Å². The van der Waals surface area contributed by atoms with E-state index < -0.39 is 0 Å². The average Bonchev–Trinajstić information content (AvgIpc) is 2.48. The molecule has 3 heteroatoms. The molecule has 0 amide bonds. The summed E-state index contributed by atoms with van der Waals surface area (Å²) in [4.78, 5) is 4.09. The Morgan fingerprint density at radius 3 is 2.89 bits per heavy atom. The second-order valence-corrected chi connectivity index (χ2v) is 4.78. The summed E-state index contributed by atoms with van der Waals surface area (Å²) in [6.07, 6.45) is 4.84. The first-order chi connectivity index (χ1) is 9.40. The molecular formula is C16H18N2O. The van der Waals surface area contributed by atoms with Crippen molar-refractivity contribution in [2.45, 2.75) is 12.5 Å². The Morgan fingerprint density at radius 1 is 1.26 bits per heavy atom. The number of ether oxygens (including phenoxy) is 1. The molecule has 0 saturated carbocycles. The van der Waals surface area contributed by atoms with Gasteiger partial charge in [0.05, 0.1) is 12.7 Å². The molecular weight excluding hydrogens is 236 g/mol. The van der Waals surface area contributed by atoms with Gasteiger partial charge in [-0.15, -0.1) is 0 Å². The van der Waals surface area contributed by atoms with Gasteiger partial charge in [0, 0.05) is 18.9 Å². The molecule has 2 aromatic rings. The van der Waals surface area contributed by atoms with Crippen molar-refractivity contribution in [2.24, 2.45) is 0 Å². The Bertz CT molecular complexity index is 554. The molecule has 0 spiro atoms. The minimum absolute atomic E-state index is 0.163. The summed E-state index contributed by atoms with van der Waals surface area (Å²) in [6, 6.07) is 10.6. The van der Waals surface area contributed by atoms with E-state index in [2.05, 4.69) is 40.6 Å². The quantitative estimate of drug-likeness (QED) is 0.914. The zero-order valence-corrected chi connectivity index (χ0v) is 11.1. The van der Waals surface area contributed by atoms with Gasteiger partial charge in [0.1, 0.15) is 0 Å². The number of pyridine rings is 1. The van der Waals surface area contributed by atoms with Gasteiger partial charge >= 0.3 is 0 Å². The summed E-state index contributed by atoms with van der Waals surface area (Å²) in [7, 11) is 1.96. The fourth-order valence-electron chi connectivity index (χ4n) is 2.73. The van der Waals surface area contributed by atoms with Crippen LogP contribution in [-0.2, 0) is 11.2 Å². The van der Waals surface area contributed by atoms with E-state index in [0.29, 0.717) is 0 Å². The third-order valence-corrected chi connectivity index (χ3v) is 3.61. The highest BCUT2D eigenvalue weighted by molar-refractivity contribution is 5.69. The third-order valence-electron chi connectivity index (χ3n) is 3.61. The molecule has 98 valence electrons. The molecule has 1 aliphatic heterocycles. The predicted octanol–water partition coefficient (Wildman–Crippen LogP) is 2.58. The van der Waals surface area contributed by atoms with Crippen molar-refractivity contribution < 1.29 is 4.74 Å². The van der Waals surface area contributed by atoms with Crippen LogP contribution in [0.2, 0.25) is 0 Å². The van der Waals surface area contributed by atoms with Crippen LogP contribution in [0.5, 0.6) is 0 Å². The Kier molecular flexibility index (Phi) is 3.58. The standard InChI is InChI=1S/C16H18N2O/c1-17-11-16-15-4-2-3-13(14(15)7-10-19-16)12-5-8-18-9-6-12/h2-6,8-9,16-17H,7,10-11H2,1H3/t16-/m0/s1. The molecule has 3 rings (SSSR count). The molecule has 1 aromatic heterocycles. The van der Waals surface area contributed by atoms with Crippen molar-refractivity contribution in [3.63, 3.8) is 0 Å². The van der Waals surface area contributed by atoms with E-state index in [9.17, 15) is 0 Å². The Balaban J connectivity index is 2.06. The Hall–Kier alpha value is -1.71. The first-order valence-electron chi connectivity index (χ1n) is 6.68. The molecule has 0 unspecified atom stereocenters. The van der Waals surface area contributed by atoms with Crippen LogP contribution < -0.4 is 5.32 Å². The number of benzene rings is 1. The maximum absolute atomic E-state index is 5.86.